The van der Waals surface area contributed by atoms with Gasteiger partial charge in [-0.25, -0.2) is 4.98 Å². The van der Waals surface area contributed by atoms with E-state index in [1.165, 1.54) is 6.33 Å². The lowest BCUT2D eigenvalue weighted by molar-refractivity contribution is -0.117. The Hall–Kier alpha value is -1.39. The summed E-state index contributed by atoms with van der Waals surface area (Å²) in [6.07, 6.45) is 3.36. The van der Waals surface area contributed by atoms with Crippen molar-refractivity contribution in [1.82, 2.24) is 20.1 Å². The van der Waals surface area contributed by atoms with Crippen LogP contribution in [0.15, 0.2) is 6.33 Å². The Labute approximate surface area is 69.8 Å². The van der Waals surface area contributed by atoms with Crippen LogP contribution in [0.25, 0.3) is 0 Å². The number of likely N-dealkylation sites (tertiary alicyclic amines) is 1. The first-order chi connectivity index (χ1) is 5.90. The molecular formula is C7H10N4O. The summed E-state index contributed by atoms with van der Waals surface area (Å²) < 4.78 is 0. The van der Waals surface area contributed by atoms with Crippen molar-refractivity contribution >= 4 is 6.41 Å². The number of nitrogens with one attached hydrogen (secondary N) is 1. The molecule has 0 bridgehead atoms. The highest BCUT2D eigenvalue weighted by molar-refractivity contribution is 5.47. The molecule has 2 heterocycles. The van der Waals surface area contributed by atoms with Gasteiger partial charge in [-0.05, 0) is 6.42 Å². The van der Waals surface area contributed by atoms with Crippen LogP contribution in [0.1, 0.15) is 18.2 Å². The average Bonchev–Trinajstić information content (AvgIpc) is 2.75. The number of hydrogen-bond acceptors (Lipinski definition) is 3. The third-order valence-electron chi connectivity index (χ3n) is 2.19. The summed E-state index contributed by atoms with van der Waals surface area (Å²) in [6, 6.07) is 0. The van der Waals surface area contributed by atoms with Crippen molar-refractivity contribution in [2.45, 2.75) is 12.3 Å². The number of carbonyl (C=O) groups excluding carboxylic acids is 1. The van der Waals surface area contributed by atoms with E-state index in [0.717, 1.165) is 31.7 Å². The lowest BCUT2D eigenvalue weighted by atomic mass is 10.1. The Balaban J connectivity index is 2.04. The van der Waals surface area contributed by atoms with Crippen LogP contribution in [0.3, 0.4) is 0 Å². The number of rotatable bonds is 2. The van der Waals surface area contributed by atoms with Gasteiger partial charge in [-0.3, -0.25) is 9.89 Å². The molecule has 5 nitrogen and oxygen atoms in total. The van der Waals surface area contributed by atoms with Crippen LogP contribution in [0, 0.1) is 0 Å². The molecule has 1 N–H and O–H groups in total. The first-order valence-corrected chi connectivity index (χ1v) is 3.95. The van der Waals surface area contributed by atoms with Gasteiger partial charge in [-0.15, -0.1) is 0 Å². The summed E-state index contributed by atoms with van der Waals surface area (Å²) in [6.45, 7) is 1.59. The van der Waals surface area contributed by atoms with Crippen LogP contribution < -0.4 is 0 Å². The molecule has 0 aromatic carbocycles. The molecule has 0 radical (unpaired) electrons. The maximum absolute atomic E-state index is 10.4. The minimum absolute atomic E-state index is 0.345. The maximum atomic E-state index is 10.4. The Morgan fingerprint density at radius 3 is 3.25 bits per heavy atom. The van der Waals surface area contributed by atoms with Crippen molar-refractivity contribution in [3.8, 4) is 0 Å². The number of nitrogens with zero attached hydrogens (tertiary/aromatic N) is 3. The molecule has 1 amide bonds. The summed E-state index contributed by atoms with van der Waals surface area (Å²) in [5.74, 6) is 1.23. The minimum atomic E-state index is 0.345. The first-order valence-electron chi connectivity index (χ1n) is 3.95. The van der Waals surface area contributed by atoms with Gasteiger partial charge in [-0.1, -0.05) is 0 Å². The number of carbonyl (C=O) groups is 1. The van der Waals surface area contributed by atoms with Crippen molar-refractivity contribution in [2.75, 3.05) is 13.1 Å². The Morgan fingerprint density at radius 2 is 2.67 bits per heavy atom. The highest BCUT2D eigenvalue weighted by atomic mass is 16.1. The highest BCUT2D eigenvalue weighted by Gasteiger charge is 2.24. The van der Waals surface area contributed by atoms with Crippen molar-refractivity contribution in [3.63, 3.8) is 0 Å². The molecule has 1 atom stereocenters. The van der Waals surface area contributed by atoms with Gasteiger partial charge in [0.1, 0.15) is 12.2 Å². The standard InChI is InChI=1S/C7H10N4O/c12-5-11-2-1-6(3-11)7-8-4-9-10-7/h4-6H,1-3H2,(H,8,9,10)/t6-/m0/s1. The fourth-order valence-electron chi connectivity index (χ4n) is 1.52. The van der Waals surface area contributed by atoms with E-state index >= 15 is 0 Å². The Kier molecular flexibility index (Phi) is 1.77. The van der Waals surface area contributed by atoms with Gasteiger partial charge in [0.15, 0.2) is 0 Å². The smallest absolute Gasteiger partial charge is 0.209 e. The summed E-state index contributed by atoms with van der Waals surface area (Å²) >= 11 is 0. The zero-order valence-electron chi connectivity index (χ0n) is 6.60. The van der Waals surface area contributed by atoms with Crippen LogP contribution in [-0.2, 0) is 4.79 Å². The molecule has 1 saturated heterocycles. The Bertz CT molecular complexity index is 258. The normalized spacial score (nSPS) is 23.0. The maximum Gasteiger partial charge on any atom is 0.209 e. The second-order valence-corrected chi connectivity index (χ2v) is 2.96. The third-order valence-corrected chi connectivity index (χ3v) is 2.19. The van der Waals surface area contributed by atoms with Crippen LogP contribution in [0.4, 0.5) is 0 Å². The second kappa shape index (κ2) is 2.92. The fraction of sp³-hybridized carbons (Fsp3) is 0.571. The molecule has 0 aliphatic carbocycles. The van der Waals surface area contributed by atoms with Gasteiger partial charge in [0.2, 0.25) is 6.41 Å². The number of aromatic nitrogens is 3. The van der Waals surface area contributed by atoms with Crippen LogP contribution >= 0.6 is 0 Å². The van der Waals surface area contributed by atoms with E-state index in [4.69, 9.17) is 0 Å². The van der Waals surface area contributed by atoms with Crippen molar-refractivity contribution in [2.24, 2.45) is 0 Å². The van der Waals surface area contributed by atoms with E-state index in [9.17, 15) is 4.79 Å². The number of hydrogen-bond donors (Lipinski definition) is 1. The average molecular weight is 166 g/mol. The molecule has 0 spiro atoms. The number of H-pyrrole nitrogens is 1. The summed E-state index contributed by atoms with van der Waals surface area (Å²) in [5, 5.41) is 6.59. The van der Waals surface area contributed by atoms with Gasteiger partial charge in [0.25, 0.3) is 0 Å². The number of aromatic amines is 1. The van der Waals surface area contributed by atoms with Crippen LogP contribution in [-0.4, -0.2) is 39.6 Å². The van der Waals surface area contributed by atoms with Crippen LogP contribution in [0.5, 0.6) is 0 Å². The first kappa shape index (κ1) is 7.27. The van der Waals surface area contributed by atoms with E-state index in [2.05, 4.69) is 15.2 Å². The van der Waals surface area contributed by atoms with Crippen LogP contribution in [0.2, 0.25) is 0 Å². The van der Waals surface area contributed by atoms with Gasteiger partial charge < -0.3 is 4.90 Å². The van der Waals surface area contributed by atoms with E-state index in [1.807, 2.05) is 0 Å². The van der Waals surface area contributed by atoms with Crippen molar-refractivity contribution in [3.05, 3.63) is 12.2 Å². The van der Waals surface area contributed by atoms with E-state index in [-0.39, 0.29) is 0 Å². The predicted octanol–water partition coefficient (Wildman–Crippen LogP) is -0.250. The Morgan fingerprint density at radius 1 is 1.75 bits per heavy atom. The molecular weight excluding hydrogens is 156 g/mol. The van der Waals surface area contributed by atoms with E-state index < -0.39 is 0 Å². The molecule has 1 aromatic rings. The largest absolute Gasteiger partial charge is 0.345 e. The van der Waals surface area contributed by atoms with Gasteiger partial charge in [0.05, 0.1) is 0 Å². The molecule has 1 aromatic heterocycles. The van der Waals surface area contributed by atoms with Crippen molar-refractivity contribution < 1.29 is 4.79 Å². The van der Waals surface area contributed by atoms with Gasteiger partial charge in [0, 0.05) is 19.0 Å². The summed E-state index contributed by atoms with van der Waals surface area (Å²) in [5.41, 5.74) is 0. The molecule has 1 aliphatic rings. The molecule has 12 heavy (non-hydrogen) atoms. The molecule has 1 fully saturated rings. The van der Waals surface area contributed by atoms with Gasteiger partial charge >= 0.3 is 0 Å². The minimum Gasteiger partial charge on any atom is -0.345 e. The summed E-state index contributed by atoms with van der Waals surface area (Å²) in [4.78, 5) is 16.2. The molecule has 1 aliphatic heterocycles. The molecule has 0 saturated carbocycles. The fourth-order valence-corrected chi connectivity index (χ4v) is 1.52. The zero-order valence-corrected chi connectivity index (χ0v) is 6.60. The topological polar surface area (TPSA) is 61.9 Å². The zero-order chi connectivity index (χ0) is 8.39. The third kappa shape index (κ3) is 1.17. The monoisotopic (exact) mass is 166 g/mol. The molecule has 64 valence electrons. The predicted molar refractivity (Wildman–Crippen MR) is 41.4 cm³/mol. The number of amides is 1. The van der Waals surface area contributed by atoms with E-state index in [0.29, 0.717) is 5.92 Å². The second-order valence-electron chi connectivity index (χ2n) is 2.96. The lowest BCUT2D eigenvalue weighted by Crippen LogP contribution is -2.17. The molecule has 0 unspecified atom stereocenters. The SMILES string of the molecule is O=CN1CC[C@H](c2ncn[nH]2)C1. The molecule has 5 heteroatoms. The quantitative estimate of drug-likeness (QED) is 0.616. The summed E-state index contributed by atoms with van der Waals surface area (Å²) in [7, 11) is 0. The molecule has 2 rings (SSSR count). The lowest BCUT2D eigenvalue weighted by Gasteiger charge is -2.06. The van der Waals surface area contributed by atoms with Gasteiger partial charge in [-0.2, -0.15) is 5.10 Å². The van der Waals surface area contributed by atoms with Crippen molar-refractivity contribution in [1.29, 1.82) is 0 Å². The van der Waals surface area contributed by atoms with E-state index in [1.54, 1.807) is 4.90 Å². The highest BCUT2D eigenvalue weighted by Crippen LogP contribution is 2.22.